The van der Waals surface area contributed by atoms with Crippen LogP contribution in [-0.4, -0.2) is 25.0 Å². The highest BCUT2D eigenvalue weighted by molar-refractivity contribution is 7.17. The molecule has 25 heavy (non-hydrogen) atoms. The number of fused-ring (bicyclic) bond motifs is 1. The van der Waals surface area contributed by atoms with Crippen molar-refractivity contribution >= 4 is 34.2 Å². The number of nitrogens with one attached hydrogen (secondary N) is 2. The Morgan fingerprint density at radius 2 is 1.80 bits per heavy atom. The molecule has 0 saturated carbocycles. The summed E-state index contributed by atoms with van der Waals surface area (Å²) in [5, 5.41) is 5.46. The number of rotatable bonds is 3. The Morgan fingerprint density at radius 1 is 1.08 bits per heavy atom. The van der Waals surface area contributed by atoms with Crippen molar-refractivity contribution in [1.82, 2.24) is 5.32 Å². The van der Waals surface area contributed by atoms with Crippen LogP contribution in [0.4, 0.5) is 9.80 Å². The fraction of sp³-hybridized carbons (Fsp3) is 0.278. The zero-order valence-electron chi connectivity index (χ0n) is 14.0. The average molecular weight is 358 g/mol. The summed E-state index contributed by atoms with van der Waals surface area (Å²) in [5.41, 5.74) is 2.84. The molecule has 1 aliphatic rings. The van der Waals surface area contributed by atoms with Crippen molar-refractivity contribution in [2.75, 3.05) is 12.4 Å². The van der Waals surface area contributed by atoms with Crippen LogP contribution in [0.1, 0.15) is 43.1 Å². The Hall–Kier alpha value is -2.67. The van der Waals surface area contributed by atoms with Gasteiger partial charge in [-0.15, -0.1) is 11.3 Å². The van der Waals surface area contributed by atoms with Gasteiger partial charge >= 0.3 is 6.09 Å². The van der Waals surface area contributed by atoms with E-state index in [0.29, 0.717) is 16.1 Å². The van der Waals surface area contributed by atoms with E-state index in [1.807, 2.05) is 19.1 Å². The number of carbonyl (C=O) groups excluding carboxylic acids is 3. The molecule has 1 aromatic carbocycles. The van der Waals surface area contributed by atoms with Gasteiger partial charge in [-0.2, -0.15) is 0 Å². The molecule has 0 bridgehead atoms. The minimum atomic E-state index is -0.821. The molecule has 1 aliphatic carbocycles. The van der Waals surface area contributed by atoms with Gasteiger partial charge in [0.05, 0.1) is 12.7 Å². The highest BCUT2D eigenvalue weighted by Crippen LogP contribution is 2.39. The molecule has 0 radical (unpaired) electrons. The lowest BCUT2D eigenvalue weighted by Gasteiger charge is -2.08. The van der Waals surface area contributed by atoms with Gasteiger partial charge in [-0.3, -0.25) is 14.9 Å². The Labute approximate surface area is 149 Å². The maximum absolute atomic E-state index is 12.5. The second-order valence-corrected chi connectivity index (χ2v) is 6.93. The summed E-state index contributed by atoms with van der Waals surface area (Å²) in [6, 6.07) is 7.18. The highest BCUT2D eigenvalue weighted by atomic mass is 32.1. The summed E-state index contributed by atoms with van der Waals surface area (Å²) in [5.74, 6) is -0.836. The van der Waals surface area contributed by atoms with Gasteiger partial charge < -0.3 is 10.1 Å². The van der Waals surface area contributed by atoms with Gasteiger partial charge in [0.1, 0.15) is 5.00 Å². The van der Waals surface area contributed by atoms with Crippen molar-refractivity contribution < 1.29 is 19.1 Å². The van der Waals surface area contributed by atoms with E-state index in [-0.39, 0.29) is 5.91 Å². The van der Waals surface area contributed by atoms with Crippen LogP contribution in [0.25, 0.3) is 0 Å². The zero-order valence-corrected chi connectivity index (χ0v) is 14.8. The van der Waals surface area contributed by atoms with Crippen molar-refractivity contribution in [1.29, 1.82) is 0 Å². The molecule has 3 rings (SSSR count). The van der Waals surface area contributed by atoms with Gasteiger partial charge in [-0.1, -0.05) is 17.7 Å². The second-order valence-electron chi connectivity index (χ2n) is 5.83. The van der Waals surface area contributed by atoms with Gasteiger partial charge in [0.15, 0.2) is 0 Å². The van der Waals surface area contributed by atoms with Gasteiger partial charge in [-0.25, -0.2) is 4.79 Å². The molecular weight excluding hydrogens is 340 g/mol. The summed E-state index contributed by atoms with van der Waals surface area (Å²) in [7, 11) is 1.20. The topological polar surface area (TPSA) is 84.5 Å². The molecule has 0 atom stereocenters. The molecule has 0 spiro atoms. The van der Waals surface area contributed by atoms with Crippen LogP contribution >= 0.6 is 11.3 Å². The number of aryl methyl sites for hydroxylation is 2. The monoisotopic (exact) mass is 358 g/mol. The van der Waals surface area contributed by atoms with Crippen LogP contribution in [-0.2, 0) is 17.6 Å². The molecule has 6 nitrogen and oxygen atoms in total. The third kappa shape index (κ3) is 3.56. The molecule has 0 fully saturated rings. The van der Waals surface area contributed by atoms with E-state index in [1.165, 1.54) is 18.4 Å². The number of anilines is 1. The van der Waals surface area contributed by atoms with Crippen LogP contribution in [0.5, 0.6) is 0 Å². The summed E-state index contributed by atoms with van der Waals surface area (Å²) >= 11 is 1.39. The number of imide groups is 1. The lowest BCUT2D eigenvalue weighted by atomic mass is 10.1. The first-order valence-corrected chi connectivity index (χ1v) is 8.73. The Morgan fingerprint density at radius 3 is 2.48 bits per heavy atom. The number of carbonyl (C=O) groups is 3. The summed E-state index contributed by atoms with van der Waals surface area (Å²) in [4.78, 5) is 37.4. The molecule has 7 heteroatoms. The maximum Gasteiger partial charge on any atom is 0.413 e. The first kappa shape index (κ1) is 17.2. The van der Waals surface area contributed by atoms with E-state index >= 15 is 0 Å². The minimum absolute atomic E-state index is 0.285. The number of hydrogen-bond donors (Lipinski definition) is 2. The van der Waals surface area contributed by atoms with Crippen molar-refractivity contribution in [3.63, 3.8) is 0 Å². The van der Waals surface area contributed by atoms with Crippen molar-refractivity contribution in [2.45, 2.75) is 26.2 Å². The Bertz CT molecular complexity index is 840. The largest absolute Gasteiger partial charge is 0.453 e. The predicted molar refractivity (Wildman–Crippen MR) is 95.3 cm³/mol. The average Bonchev–Trinajstić information content (AvgIpc) is 3.15. The zero-order chi connectivity index (χ0) is 18.0. The summed E-state index contributed by atoms with van der Waals surface area (Å²) in [6.07, 6.45) is 1.78. The number of amides is 3. The number of alkyl carbamates (subject to hydrolysis) is 1. The van der Waals surface area contributed by atoms with Gasteiger partial charge in [0.25, 0.3) is 11.8 Å². The summed E-state index contributed by atoms with van der Waals surface area (Å²) < 4.78 is 4.48. The van der Waals surface area contributed by atoms with E-state index in [1.54, 1.807) is 12.1 Å². The van der Waals surface area contributed by atoms with E-state index < -0.39 is 12.0 Å². The van der Waals surface area contributed by atoms with E-state index in [4.69, 9.17) is 0 Å². The normalized spacial score (nSPS) is 12.4. The molecule has 130 valence electrons. The number of benzene rings is 1. The summed E-state index contributed by atoms with van der Waals surface area (Å²) in [6.45, 7) is 1.95. The fourth-order valence-corrected chi connectivity index (χ4v) is 4.10. The third-order valence-electron chi connectivity index (χ3n) is 4.09. The van der Waals surface area contributed by atoms with Crippen LogP contribution in [0, 0.1) is 6.92 Å². The van der Waals surface area contributed by atoms with E-state index in [9.17, 15) is 14.4 Å². The Kier molecular flexibility index (Phi) is 4.85. The van der Waals surface area contributed by atoms with Crippen molar-refractivity contribution in [3.05, 3.63) is 51.4 Å². The second kappa shape index (κ2) is 7.06. The van der Waals surface area contributed by atoms with E-state index in [0.717, 1.165) is 35.3 Å². The van der Waals surface area contributed by atoms with Crippen LogP contribution < -0.4 is 10.6 Å². The Balaban J connectivity index is 1.88. The third-order valence-corrected chi connectivity index (χ3v) is 5.30. The lowest BCUT2D eigenvalue weighted by Crippen LogP contribution is -2.31. The van der Waals surface area contributed by atoms with Crippen molar-refractivity contribution in [2.24, 2.45) is 0 Å². The van der Waals surface area contributed by atoms with Gasteiger partial charge in [0.2, 0.25) is 0 Å². The molecule has 2 N–H and O–H groups in total. The van der Waals surface area contributed by atoms with Crippen LogP contribution in [0.3, 0.4) is 0 Å². The molecule has 1 aromatic heterocycles. The lowest BCUT2D eigenvalue weighted by molar-refractivity contribution is 0.0937. The van der Waals surface area contributed by atoms with Crippen LogP contribution in [0.15, 0.2) is 24.3 Å². The molecule has 3 amide bonds. The number of thiophene rings is 1. The first-order valence-electron chi connectivity index (χ1n) is 7.91. The SMILES string of the molecule is COC(=O)NC(=O)c1c(NC(=O)c2ccc(C)cc2)sc2c1CCC2. The minimum Gasteiger partial charge on any atom is -0.453 e. The molecule has 0 saturated heterocycles. The highest BCUT2D eigenvalue weighted by Gasteiger charge is 2.28. The molecule has 2 aromatic rings. The quantitative estimate of drug-likeness (QED) is 0.882. The molecular formula is C18H18N2O4S. The number of methoxy groups -OCH3 is 1. The smallest absolute Gasteiger partial charge is 0.413 e. The molecule has 0 aliphatic heterocycles. The van der Waals surface area contributed by atoms with Crippen LogP contribution in [0.2, 0.25) is 0 Å². The fourth-order valence-electron chi connectivity index (χ4n) is 2.82. The number of ether oxygens (including phenoxy) is 1. The van der Waals surface area contributed by atoms with Gasteiger partial charge in [0, 0.05) is 10.4 Å². The maximum atomic E-state index is 12.5. The number of hydrogen-bond acceptors (Lipinski definition) is 5. The standard InChI is InChI=1S/C18H18N2O4S/c1-10-6-8-11(9-7-10)15(21)19-17-14(16(22)20-18(23)24-2)12-4-3-5-13(12)25-17/h6-9H,3-5H2,1-2H3,(H,19,21)(H,20,22,23). The van der Waals surface area contributed by atoms with Gasteiger partial charge in [-0.05, 0) is 43.9 Å². The predicted octanol–water partition coefficient (Wildman–Crippen LogP) is 3.29. The first-order chi connectivity index (χ1) is 12.0. The van der Waals surface area contributed by atoms with E-state index in [2.05, 4.69) is 15.4 Å². The molecule has 1 heterocycles. The molecule has 0 unspecified atom stereocenters. The van der Waals surface area contributed by atoms with Crippen molar-refractivity contribution in [3.8, 4) is 0 Å².